The van der Waals surface area contributed by atoms with Crippen molar-refractivity contribution in [2.45, 2.75) is 6.92 Å². The van der Waals surface area contributed by atoms with Crippen LogP contribution in [-0.2, 0) is 7.05 Å². The molecule has 0 amide bonds. The van der Waals surface area contributed by atoms with E-state index in [-0.39, 0.29) is 5.75 Å². The van der Waals surface area contributed by atoms with Crippen LogP contribution in [0.4, 0.5) is 10.3 Å². The summed E-state index contributed by atoms with van der Waals surface area (Å²) < 4.78 is 20.5. The standard InChI is InChI=1S/C12H14FN3O/c1-3-17-11-5-4-8(6-9(11)13)10-7-16(2)12(14)15-10/h4-7H,3H2,1-2H3,(H2,14,15). The van der Waals surface area contributed by atoms with Gasteiger partial charge in [-0.1, -0.05) is 0 Å². The Balaban J connectivity index is 2.37. The van der Waals surface area contributed by atoms with Gasteiger partial charge in [-0.15, -0.1) is 0 Å². The Morgan fingerprint density at radius 2 is 2.24 bits per heavy atom. The molecule has 0 radical (unpaired) electrons. The van der Waals surface area contributed by atoms with Crippen molar-refractivity contribution >= 4 is 5.95 Å². The quantitative estimate of drug-likeness (QED) is 0.887. The van der Waals surface area contributed by atoms with Crippen molar-refractivity contribution < 1.29 is 9.13 Å². The number of aryl methyl sites for hydroxylation is 1. The maximum Gasteiger partial charge on any atom is 0.200 e. The van der Waals surface area contributed by atoms with Crippen LogP contribution in [0.1, 0.15) is 6.92 Å². The monoisotopic (exact) mass is 235 g/mol. The molecule has 17 heavy (non-hydrogen) atoms. The lowest BCUT2D eigenvalue weighted by molar-refractivity contribution is 0.321. The molecule has 5 heteroatoms. The predicted molar refractivity (Wildman–Crippen MR) is 64.2 cm³/mol. The van der Waals surface area contributed by atoms with E-state index in [1.165, 1.54) is 6.07 Å². The van der Waals surface area contributed by atoms with Crippen LogP contribution in [0.5, 0.6) is 5.75 Å². The summed E-state index contributed by atoms with van der Waals surface area (Å²) in [6.45, 7) is 2.25. The molecule has 0 atom stereocenters. The molecule has 2 N–H and O–H groups in total. The zero-order chi connectivity index (χ0) is 12.4. The van der Waals surface area contributed by atoms with E-state index in [1.807, 2.05) is 6.92 Å². The molecule has 0 aliphatic carbocycles. The molecule has 2 aromatic rings. The predicted octanol–water partition coefficient (Wildman–Crippen LogP) is 2.21. The molecule has 4 nitrogen and oxygen atoms in total. The fraction of sp³-hybridized carbons (Fsp3) is 0.250. The van der Waals surface area contributed by atoms with Crippen LogP contribution in [0.2, 0.25) is 0 Å². The molecule has 0 unspecified atom stereocenters. The Hall–Kier alpha value is -2.04. The molecule has 0 spiro atoms. The molecule has 1 heterocycles. The van der Waals surface area contributed by atoms with E-state index in [4.69, 9.17) is 10.5 Å². The highest BCUT2D eigenvalue weighted by atomic mass is 19.1. The Morgan fingerprint density at radius 1 is 1.47 bits per heavy atom. The smallest absolute Gasteiger partial charge is 0.200 e. The fourth-order valence-electron chi connectivity index (χ4n) is 1.55. The highest BCUT2D eigenvalue weighted by Gasteiger charge is 2.09. The van der Waals surface area contributed by atoms with Gasteiger partial charge in [0.05, 0.1) is 12.3 Å². The third-order valence-corrected chi connectivity index (χ3v) is 2.44. The number of nitrogens with zero attached hydrogens (tertiary/aromatic N) is 2. The number of halogens is 1. The van der Waals surface area contributed by atoms with Gasteiger partial charge < -0.3 is 15.0 Å². The largest absolute Gasteiger partial charge is 0.491 e. The van der Waals surface area contributed by atoms with Crippen molar-refractivity contribution in [2.75, 3.05) is 12.3 Å². The van der Waals surface area contributed by atoms with Gasteiger partial charge in [-0.05, 0) is 25.1 Å². The lowest BCUT2D eigenvalue weighted by Crippen LogP contribution is -1.95. The molecule has 0 saturated carbocycles. The van der Waals surface area contributed by atoms with Crippen LogP contribution in [0.15, 0.2) is 24.4 Å². The zero-order valence-corrected chi connectivity index (χ0v) is 9.77. The lowest BCUT2D eigenvalue weighted by atomic mass is 10.1. The normalized spacial score (nSPS) is 10.5. The second-order valence-corrected chi connectivity index (χ2v) is 3.67. The minimum absolute atomic E-state index is 0.250. The molecule has 1 aromatic carbocycles. The molecule has 0 fully saturated rings. The molecule has 0 aliphatic rings. The summed E-state index contributed by atoms with van der Waals surface area (Å²) in [5.41, 5.74) is 6.95. The minimum atomic E-state index is -0.395. The third-order valence-electron chi connectivity index (χ3n) is 2.44. The van der Waals surface area contributed by atoms with Crippen LogP contribution in [0.25, 0.3) is 11.3 Å². The summed E-state index contributed by atoms with van der Waals surface area (Å²) >= 11 is 0. The van der Waals surface area contributed by atoms with Crippen LogP contribution in [-0.4, -0.2) is 16.2 Å². The topological polar surface area (TPSA) is 53.1 Å². The number of imidazole rings is 1. The summed E-state index contributed by atoms with van der Waals surface area (Å²) in [5.74, 6) is 0.253. The van der Waals surface area contributed by atoms with Crippen LogP contribution in [0, 0.1) is 5.82 Å². The van der Waals surface area contributed by atoms with Gasteiger partial charge in [-0.25, -0.2) is 9.37 Å². The summed E-state index contributed by atoms with van der Waals surface area (Å²) in [6, 6.07) is 4.75. The van der Waals surface area contributed by atoms with Gasteiger partial charge in [0.15, 0.2) is 17.5 Å². The Kier molecular flexibility index (Phi) is 2.99. The second-order valence-electron chi connectivity index (χ2n) is 3.67. The lowest BCUT2D eigenvalue weighted by Gasteiger charge is -2.05. The Labute approximate surface area is 98.8 Å². The van der Waals surface area contributed by atoms with Gasteiger partial charge in [0.25, 0.3) is 0 Å². The fourth-order valence-corrected chi connectivity index (χ4v) is 1.55. The van der Waals surface area contributed by atoms with Crippen molar-refractivity contribution in [1.29, 1.82) is 0 Å². The Morgan fingerprint density at radius 3 is 2.76 bits per heavy atom. The van der Waals surface area contributed by atoms with Gasteiger partial charge in [0.1, 0.15) is 0 Å². The number of nitrogen functional groups attached to an aromatic ring is 1. The number of ether oxygens (including phenoxy) is 1. The molecular formula is C12H14FN3O. The van der Waals surface area contributed by atoms with Crippen molar-refractivity contribution in [2.24, 2.45) is 7.05 Å². The SMILES string of the molecule is CCOc1ccc(-c2cn(C)c(N)n2)cc1F. The van der Waals surface area contributed by atoms with Gasteiger partial charge in [-0.2, -0.15) is 0 Å². The van der Waals surface area contributed by atoms with Crippen molar-refractivity contribution in [3.05, 3.63) is 30.2 Å². The number of rotatable bonds is 3. The number of aromatic nitrogens is 2. The number of hydrogen-bond acceptors (Lipinski definition) is 3. The van der Waals surface area contributed by atoms with E-state index >= 15 is 0 Å². The van der Waals surface area contributed by atoms with Gasteiger partial charge in [-0.3, -0.25) is 0 Å². The molecule has 2 rings (SSSR count). The first-order valence-electron chi connectivity index (χ1n) is 5.33. The molecule has 0 aliphatic heterocycles. The molecule has 90 valence electrons. The van der Waals surface area contributed by atoms with E-state index in [2.05, 4.69) is 4.98 Å². The third kappa shape index (κ3) is 2.22. The summed E-state index contributed by atoms with van der Waals surface area (Å²) in [4.78, 5) is 4.13. The minimum Gasteiger partial charge on any atom is -0.491 e. The highest BCUT2D eigenvalue weighted by Crippen LogP contribution is 2.25. The molecular weight excluding hydrogens is 221 g/mol. The summed E-state index contributed by atoms with van der Waals surface area (Å²) in [6.07, 6.45) is 1.75. The first-order chi connectivity index (χ1) is 8.11. The van der Waals surface area contributed by atoms with Gasteiger partial charge in [0, 0.05) is 18.8 Å². The zero-order valence-electron chi connectivity index (χ0n) is 9.77. The van der Waals surface area contributed by atoms with Crippen molar-refractivity contribution in [3.8, 4) is 17.0 Å². The maximum atomic E-state index is 13.6. The Bertz CT molecular complexity index is 517. The number of benzene rings is 1. The van der Waals surface area contributed by atoms with E-state index < -0.39 is 5.82 Å². The first kappa shape index (κ1) is 11.4. The number of nitrogens with two attached hydrogens (primary N) is 1. The van der Waals surface area contributed by atoms with E-state index in [0.29, 0.717) is 23.8 Å². The number of anilines is 1. The number of hydrogen-bond donors (Lipinski definition) is 1. The average Bonchev–Trinajstić information content (AvgIpc) is 2.62. The first-order valence-corrected chi connectivity index (χ1v) is 5.33. The highest BCUT2D eigenvalue weighted by molar-refractivity contribution is 5.61. The summed E-state index contributed by atoms with van der Waals surface area (Å²) in [7, 11) is 1.79. The van der Waals surface area contributed by atoms with E-state index in [1.54, 1.807) is 29.9 Å². The molecule has 0 saturated heterocycles. The van der Waals surface area contributed by atoms with Gasteiger partial charge >= 0.3 is 0 Å². The van der Waals surface area contributed by atoms with Gasteiger partial charge in [0.2, 0.25) is 0 Å². The van der Waals surface area contributed by atoms with Crippen LogP contribution < -0.4 is 10.5 Å². The van der Waals surface area contributed by atoms with E-state index in [0.717, 1.165) is 0 Å². The second kappa shape index (κ2) is 4.45. The van der Waals surface area contributed by atoms with Crippen molar-refractivity contribution in [3.63, 3.8) is 0 Å². The summed E-state index contributed by atoms with van der Waals surface area (Å²) in [5, 5.41) is 0. The van der Waals surface area contributed by atoms with Crippen molar-refractivity contribution in [1.82, 2.24) is 9.55 Å². The van der Waals surface area contributed by atoms with E-state index in [9.17, 15) is 4.39 Å². The van der Waals surface area contributed by atoms with Crippen LogP contribution in [0.3, 0.4) is 0 Å². The van der Waals surface area contributed by atoms with Crippen LogP contribution >= 0.6 is 0 Å². The molecule has 0 bridgehead atoms. The maximum absolute atomic E-state index is 13.6. The molecule has 1 aromatic heterocycles. The average molecular weight is 235 g/mol.